The van der Waals surface area contributed by atoms with E-state index < -0.39 is 20.0 Å². The van der Waals surface area contributed by atoms with Crippen LogP contribution in [-0.2, 0) is 9.09 Å². The number of phosphoric acid groups is 1. The predicted molar refractivity (Wildman–Crippen MR) is 123 cm³/mol. The summed E-state index contributed by atoms with van der Waals surface area (Å²) in [6, 6.07) is 12.9. The molecular formula is C23H24N3O6P. The third kappa shape index (κ3) is 5.82. The summed E-state index contributed by atoms with van der Waals surface area (Å²) >= 11 is 0. The Bertz CT molecular complexity index is 1220. The smallest absolute Gasteiger partial charge is 0.469 e. The number of hydrogen-bond donors (Lipinski definition) is 4. The van der Waals surface area contributed by atoms with Crippen LogP contribution >= 0.6 is 7.82 Å². The van der Waals surface area contributed by atoms with E-state index in [0.29, 0.717) is 12.4 Å². The van der Waals surface area contributed by atoms with E-state index >= 15 is 0 Å². The van der Waals surface area contributed by atoms with Crippen LogP contribution in [0.5, 0.6) is 5.75 Å². The van der Waals surface area contributed by atoms with Crippen molar-refractivity contribution in [2.45, 2.75) is 19.1 Å². The Morgan fingerprint density at radius 3 is 2.73 bits per heavy atom. The number of ether oxygens (including phenoxy) is 1. The van der Waals surface area contributed by atoms with Crippen molar-refractivity contribution in [3.05, 3.63) is 66.2 Å². The number of aliphatic hydroxyl groups is 1. The molecule has 0 unspecified atom stereocenters. The van der Waals surface area contributed by atoms with Crippen LogP contribution in [0.4, 0.5) is 5.69 Å². The number of imidazole rings is 1. The lowest BCUT2D eigenvalue weighted by atomic mass is 10.0. The molecule has 0 aliphatic carbocycles. The number of benzene rings is 2. The van der Waals surface area contributed by atoms with Crippen molar-refractivity contribution >= 4 is 13.5 Å². The van der Waals surface area contributed by atoms with E-state index in [9.17, 15) is 9.67 Å². The number of hydrogen-bond acceptors (Lipinski definition) is 6. The van der Waals surface area contributed by atoms with Gasteiger partial charge in [0.1, 0.15) is 30.3 Å². The zero-order valence-corrected chi connectivity index (χ0v) is 18.8. The average Bonchev–Trinajstić information content (AvgIpc) is 3.29. The highest BCUT2D eigenvalue weighted by Gasteiger charge is 2.21. The van der Waals surface area contributed by atoms with Gasteiger partial charge in [-0.15, -0.1) is 0 Å². The monoisotopic (exact) mass is 469 g/mol. The van der Waals surface area contributed by atoms with E-state index in [-0.39, 0.29) is 6.61 Å². The molecule has 2 atom stereocenters. The number of nitrogens with zero attached hydrogens (tertiary/aromatic N) is 2. The first kappa shape index (κ1) is 23.1. The second-order valence-corrected chi connectivity index (χ2v) is 8.74. The molecule has 0 amide bonds. The summed E-state index contributed by atoms with van der Waals surface area (Å²) in [5.41, 5.74) is 3.74. The van der Waals surface area contributed by atoms with Crippen LogP contribution in [-0.4, -0.2) is 44.2 Å². The Balaban J connectivity index is 1.56. The van der Waals surface area contributed by atoms with E-state index in [1.807, 2.05) is 42.5 Å². The number of nitrogens with one attached hydrogen (secondary N) is 1. The molecule has 4 N–H and O–H groups in total. The molecule has 0 spiro atoms. The Morgan fingerprint density at radius 2 is 2.00 bits per heavy atom. The maximum Gasteiger partial charge on any atom is 0.469 e. The highest BCUT2D eigenvalue weighted by molar-refractivity contribution is 7.46. The summed E-state index contributed by atoms with van der Waals surface area (Å²) in [7, 11) is -4.68. The van der Waals surface area contributed by atoms with Crippen molar-refractivity contribution in [3.63, 3.8) is 0 Å². The Hall–Kier alpha value is -3.12. The zero-order valence-electron chi connectivity index (χ0n) is 17.9. The maximum atomic E-state index is 11.2. The van der Waals surface area contributed by atoms with Crippen LogP contribution in [0.3, 0.4) is 0 Å². The lowest BCUT2D eigenvalue weighted by Crippen LogP contribution is -2.17. The molecule has 9 nitrogen and oxygen atoms in total. The number of anilines is 1. The van der Waals surface area contributed by atoms with Crippen molar-refractivity contribution < 1.29 is 28.7 Å². The van der Waals surface area contributed by atoms with Crippen LogP contribution in [0.25, 0.3) is 11.1 Å². The number of fused-ring (bicyclic) bond motifs is 1. The fourth-order valence-corrected chi connectivity index (χ4v) is 3.84. The van der Waals surface area contributed by atoms with Gasteiger partial charge in [-0.3, -0.25) is 4.52 Å². The van der Waals surface area contributed by atoms with Crippen LogP contribution in [0.1, 0.15) is 30.5 Å². The van der Waals surface area contributed by atoms with Gasteiger partial charge in [0, 0.05) is 24.5 Å². The van der Waals surface area contributed by atoms with E-state index in [1.54, 1.807) is 17.7 Å². The van der Waals surface area contributed by atoms with Crippen molar-refractivity contribution in [1.82, 2.24) is 9.55 Å². The van der Waals surface area contributed by atoms with E-state index in [0.717, 1.165) is 34.7 Å². The highest BCUT2D eigenvalue weighted by atomic mass is 31.2. The van der Waals surface area contributed by atoms with Gasteiger partial charge in [0.25, 0.3) is 0 Å². The quantitative estimate of drug-likeness (QED) is 0.321. The molecule has 33 heavy (non-hydrogen) atoms. The largest absolute Gasteiger partial charge is 0.490 e. The van der Waals surface area contributed by atoms with Gasteiger partial charge in [0.2, 0.25) is 0 Å². The zero-order chi connectivity index (χ0) is 23.4. The van der Waals surface area contributed by atoms with Crippen molar-refractivity contribution in [2.24, 2.45) is 0 Å². The van der Waals surface area contributed by atoms with Gasteiger partial charge >= 0.3 is 7.82 Å². The van der Waals surface area contributed by atoms with Gasteiger partial charge in [0.15, 0.2) is 0 Å². The first-order valence-electron chi connectivity index (χ1n) is 10.3. The lowest BCUT2D eigenvalue weighted by Gasteiger charge is -2.19. The number of rotatable bonds is 6. The molecule has 1 aliphatic rings. The minimum Gasteiger partial charge on any atom is -0.490 e. The molecule has 0 bridgehead atoms. The summed E-state index contributed by atoms with van der Waals surface area (Å²) in [6.45, 7) is 2.60. The summed E-state index contributed by atoms with van der Waals surface area (Å²) in [5, 5.41) is 13.3. The molecule has 4 rings (SSSR count). The molecule has 0 radical (unpaired) electrons. The minimum absolute atomic E-state index is 0.323. The maximum absolute atomic E-state index is 11.2. The van der Waals surface area contributed by atoms with Crippen molar-refractivity contribution in [1.29, 1.82) is 0 Å². The third-order valence-electron chi connectivity index (χ3n) is 5.06. The Kier molecular flexibility index (Phi) is 6.84. The molecule has 1 aromatic heterocycles. The van der Waals surface area contributed by atoms with Crippen molar-refractivity contribution in [3.8, 4) is 28.7 Å². The fourth-order valence-electron chi connectivity index (χ4n) is 3.50. The summed E-state index contributed by atoms with van der Waals surface area (Å²) in [5.74, 6) is 7.15. The first-order valence-corrected chi connectivity index (χ1v) is 11.9. The van der Waals surface area contributed by atoms with E-state index in [1.165, 1.54) is 6.20 Å². The van der Waals surface area contributed by atoms with E-state index in [4.69, 9.17) is 14.5 Å². The first-order chi connectivity index (χ1) is 15.8. The van der Waals surface area contributed by atoms with Gasteiger partial charge in [0.05, 0.1) is 12.3 Å². The Morgan fingerprint density at radius 1 is 1.24 bits per heavy atom. The number of aliphatic hydroxyl groups excluding tert-OH is 1. The van der Waals surface area contributed by atoms with E-state index in [2.05, 4.69) is 26.7 Å². The van der Waals surface area contributed by atoms with Crippen LogP contribution in [0.15, 0.2) is 54.9 Å². The third-order valence-corrected chi connectivity index (χ3v) is 5.55. The summed E-state index contributed by atoms with van der Waals surface area (Å²) in [4.78, 5) is 22.3. The predicted octanol–water partition coefficient (Wildman–Crippen LogP) is 3.11. The highest BCUT2D eigenvalue weighted by Crippen LogP contribution is 2.37. The van der Waals surface area contributed by atoms with Gasteiger partial charge in [-0.25, -0.2) is 9.55 Å². The molecule has 1 aliphatic heterocycles. The fraction of sp³-hybridized carbons (Fsp3) is 0.261. The standard InChI is InChI=1S/C23H24N3O6P/c1-16(27)23-25-10-12-26(23)20(15-32-33(28,29)30)8-4-17-2-5-18(6-3-17)19-7-9-22-21(14-19)24-11-13-31-22/h2-3,5-7,9-10,12,14,16,20,24,27H,11,13,15H2,1H3,(H2,28,29,30)/t16-,20-/m0/s1. The molecule has 0 saturated heterocycles. The van der Waals surface area contributed by atoms with Gasteiger partial charge in [-0.2, -0.15) is 0 Å². The molecular weight excluding hydrogens is 445 g/mol. The number of phosphoric ester groups is 1. The SMILES string of the molecule is C[C@H](O)c1nccn1[C@@H](C#Cc1ccc(-c2ccc3c(c2)NCCO3)cc1)COP(=O)(O)O. The number of aromatic nitrogens is 2. The molecule has 0 saturated carbocycles. The lowest BCUT2D eigenvalue weighted by molar-refractivity contribution is 0.165. The van der Waals surface area contributed by atoms with Crippen LogP contribution in [0, 0.1) is 11.8 Å². The normalized spacial score (nSPS) is 14.8. The molecule has 3 aromatic rings. The molecule has 0 fully saturated rings. The second kappa shape index (κ2) is 9.79. The summed E-state index contributed by atoms with van der Waals surface area (Å²) < 4.78 is 23.0. The molecule has 172 valence electrons. The topological polar surface area (TPSA) is 126 Å². The average molecular weight is 469 g/mol. The van der Waals surface area contributed by atoms with Gasteiger partial charge in [-0.1, -0.05) is 30.0 Å². The summed E-state index contributed by atoms with van der Waals surface area (Å²) in [6.07, 6.45) is 2.19. The molecule has 2 heterocycles. The van der Waals surface area contributed by atoms with Gasteiger partial charge in [-0.05, 0) is 42.3 Å². The van der Waals surface area contributed by atoms with Crippen LogP contribution in [0.2, 0.25) is 0 Å². The van der Waals surface area contributed by atoms with Crippen LogP contribution < -0.4 is 10.1 Å². The molecule has 10 heteroatoms. The minimum atomic E-state index is -4.68. The van der Waals surface area contributed by atoms with Gasteiger partial charge < -0.3 is 29.5 Å². The Labute approximate surface area is 191 Å². The van der Waals surface area contributed by atoms with Crippen molar-refractivity contribution in [2.75, 3.05) is 25.1 Å². The molecule has 2 aromatic carbocycles. The second-order valence-electron chi connectivity index (χ2n) is 7.50.